The second kappa shape index (κ2) is 5.45. The van der Waals surface area contributed by atoms with Gasteiger partial charge in [0.05, 0.1) is 18.6 Å². The lowest BCUT2D eigenvalue weighted by Gasteiger charge is -2.10. The molecule has 4 nitrogen and oxygen atoms in total. The van der Waals surface area contributed by atoms with Crippen LogP contribution in [0.4, 0.5) is 0 Å². The van der Waals surface area contributed by atoms with E-state index in [1.807, 2.05) is 25.3 Å². The van der Waals surface area contributed by atoms with Gasteiger partial charge in [-0.3, -0.25) is 4.79 Å². The number of rotatable bonds is 6. The van der Waals surface area contributed by atoms with Crippen molar-refractivity contribution in [1.82, 2.24) is 0 Å². The minimum atomic E-state index is -0.406. The Hall–Kier alpha value is -2.16. The Bertz CT molecular complexity index is 591. The number of allylic oxidation sites excluding steroid dienone is 3. The molecule has 0 fully saturated rings. The fourth-order valence-corrected chi connectivity index (χ4v) is 2.44. The van der Waals surface area contributed by atoms with Crippen molar-refractivity contribution >= 4 is 11.9 Å². The van der Waals surface area contributed by atoms with E-state index in [2.05, 4.69) is 12.3 Å². The molecular weight excluding hydrogens is 254 g/mol. The molecule has 0 spiro atoms. The first-order chi connectivity index (χ1) is 9.57. The van der Waals surface area contributed by atoms with E-state index >= 15 is 0 Å². The molecule has 20 heavy (non-hydrogen) atoms. The Morgan fingerprint density at radius 1 is 1.55 bits per heavy atom. The molecule has 0 aromatic heterocycles. The number of ether oxygens (including phenoxy) is 1. The Kier molecular flexibility index (Phi) is 3.89. The van der Waals surface area contributed by atoms with Crippen LogP contribution in [0.25, 0.3) is 0 Å². The maximum Gasteiger partial charge on any atom is 0.353 e. The molecular formula is C16H18NO3+. The molecule has 0 aromatic carbocycles. The molecule has 0 aromatic rings. The molecule has 2 aliphatic rings. The van der Waals surface area contributed by atoms with Gasteiger partial charge in [-0.2, -0.15) is 4.48 Å². The number of carbonyl (C=O) groups is 2. The van der Waals surface area contributed by atoms with Crippen molar-refractivity contribution in [1.29, 1.82) is 0 Å². The van der Waals surface area contributed by atoms with E-state index in [9.17, 15) is 9.59 Å². The van der Waals surface area contributed by atoms with Crippen LogP contribution in [0.15, 0.2) is 54.2 Å². The minimum Gasteiger partial charge on any atom is -0.466 e. The van der Waals surface area contributed by atoms with Gasteiger partial charge in [-0.05, 0) is 25.5 Å². The summed E-state index contributed by atoms with van der Waals surface area (Å²) in [5, 5.41) is 0. The summed E-state index contributed by atoms with van der Waals surface area (Å²) in [6.07, 6.45) is 9.16. The Balaban J connectivity index is 2.01. The standard InChI is InChI=1S/C16H18NO3/c1-4-7-13(16(19)20-5-2)8-6-11-17-12(3)14(17)9-10-15(17)18/h6-7,9-11,13H,1,5,8H2,2-3H3/q+1/b11-6+. The normalized spacial score (nSPS) is 24.6. The highest BCUT2D eigenvalue weighted by Gasteiger charge is 2.59. The third kappa shape index (κ3) is 2.20. The maximum absolute atomic E-state index is 11.9. The summed E-state index contributed by atoms with van der Waals surface area (Å²) in [5.74, 6) is -0.660. The topological polar surface area (TPSA) is 43.4 Å². The van der Waals surface area contributed by atoms with Gasteiger partial charge >= 0.3 is 11.9 Å². The van der Waals surface area contributed by atoms with Crippen LogP contribution in [0.3, 0.4) is 0 Å². The van der Waals surface area contributed by atoms with Gasteiger partial charge in [0.15, 0.2) is 5.70 Å². The van der Waals surface area contributed by atoms with Gasteiger partial charge in [-0.25, -0.2) is 4.79 Å². The number of carbonyl (C=O) groups excluding carboxylic acids is 2. The maximum atomic E-state index is 11.9. The number of hydrogen-bond acceptors (Lipinski definition) is 3. The van der Waals surface area contributed by atoms with Crippen LogP contribution in [0.5, 0.6) is 0 Å². The zero-order valence-corrected chi connectivity index (χ0v) is 11.8. The summed E-state index contributed by atoms with van der Waals surface area (Å²) in [5.41, 5.74) is 4.69. The molecule has 0 bridgehead atoms. The summed E-state index contributed by atoms with van der Waals surface area (Å²) in [6.45, 7) is 7.54. The van der Waals surface area contributed by atoms with Gasteiger partial charge in [0, 0.05) is 13.0 Å². The molecule has 0 saturated carbocycles. The van der Waals surface area contributed by atoms with Gasteiger partial charge < -0.3 is 4.74 Å². The van der Waals surface area contributed by atoms with E-state index in [-0.39, 0.29) is 16.4 Å². The quantitative estimate of drug-likeness (QED) is 0.424. The number of fused-ring (bicyclic) bond motifs is 1. The van der Waals surface area contributed by atoms with E-state index in [0.717, 1.165) is 11.4 Å². The monoisotopic (exact) mass is 272 g/mol. The second-order valence-corrected chi connectivity index (χ2v) is 4.71. The van der Waals surface area contributed by atoms with E-state index in [4.69, 9.17) is 4.74 Å². The SMILES string of the molecule is C=C=CC(C/C=C/[N+]12C(=O)C=CC1=C2C)C(=O)OCC. The van der Waals surface area contributed by atoms with E-state index in [0.29, 0.717) is 13.0 Å². The van der Waals surface area contributed by atoms with Gasteiger partial charge in [0.2, 0.25) is 5.70 Å². The van der Waals surface area contributed by atoms with Crippen molar-refractivity contribution in [3.8, 4) is 0 Å². The van der Waals surface area contributed by atoms with Crippen LogP contribution in [0.1, 0.15) is 20.3 Å². The zero-order chi connectivity index (χ0) is 14.8. The van der Waals surface area contributed by atoms with Crippen LogP contribution in [0, 0.1) is 5.92 Å². The highest BCUT2D eigenvalue weighted by atomic mass is 16.5. The predicted molar refractivity (Wildman–Crippen MR) is 74.7 cm³/mol. The van der Waals surface area contributed by atoms with Crippen LogP contribution in [0.2, 0.25) is 0 Å². The summed E-state index contributed by atoms with van der Waals surface area (Å²) < 4.78 is 5.19. The fraction of sp³-hybridized carbons (Fsp3) is 0.312. The molecule has 2 rings (SSSR count). The first-order valence-corrected chi connectivity index (χ1v) is 6.61. The number of quaternary nitrogens is 1. The molecule has 0 N–H and O–H groups in total. The largest absolute Gasteiger partial charge is 0.466 e. The van der Waals surface area contributed by atoms with E-state index in [1.165, 1.54) is 0 Å². The first kappa shape index (κ1) is 14.3. The molecule has 0 radical (unpaired) electrons. The van der Waals surface area contributed by atoms with Gasteiger partial charge in [0.1, 0.15) is 6.20 Å². The van der Waals surface area contributed by atoms with E-state index < -0.39 is 5.92 Å². The van der Waals surface area contributed by atoms with Gasteiger partial charge in [0.25, 0.3) is 0 Å². The number of hydrogen-bond donors (Lipinski definition) is 0. The Morgan fingerprint density at radius 2 is 2.30 bits per heavy atom. The summed E-state index contributed by atoms with van der Waals surface area (Å²) in [7, 11) is 0. The van der Waals surface area contributed by atoms with Crippen molar-refractivity contribution in [3.05, 3.63) is 54.2 Å². The lowest BCUT2D eigenvalue weighted by Crippen LogP contribution is -2.26. The van der Waals surface area contributed by atoms with Crippen molar-refractivity contribution in [2.75, 3.05) is 6.61 Å². The molecule has 0 saturated heterocycles. The predicted octanol–water partition coefficient (Wildman–Crippen LogP) is 2.57. The van der Waals surface area contributed by atoms with Gasteiger partial charge in [-0.15, -0.1) is 5.73 Å². The molecule has 4 heteroatoms. The molecule has 0 aliphatic carbocycles. The molecule has 2 unspecified atom stereocenters. The number of esters is 1. The highest BCUT2D eigenvalue weighted by Crippen LogP contribution is 2.48. The number of nitrogens with zero attached hydrogens (tertiary/aromatic N) is 1. The Labute approximate surface area is 118 Å². The highest BCUT2D eigenvalue weighted by molar-refractivity contribution is 5.90. The number of amides is 1. The van der Waals surface area contributed by atoms with Crippen molar-refractivity contribution in [3.63, 3.8) is 0 Å². The van der Waals surface area contributed by atoms with Crippen LogP contribution < -0.4 is 0 Å². The molecule has 2 atom stereocenters. The van der Waals surface area contributed by atoms with Crippen LogP contribution in [-0.4, -0.2) is 23.0 Å². The third-order valence-corrected chi connectivity index (χ3v) is 3.59. The minimum absolute atomic E-state index is 0.0423. The lowest BCUT2D eigenvalue weighted by molar-refractivity contribution is -0.638. The van der Waals surface area contributed by atoms with E-state index in [1.54, 1.807) is 19.1 Å². The lowest BCUT2D eigenvalue weighted by atomic mass is 10.1. The van der Waals surface area contributed by atoms with Crippen molar-refractivity contribution in [2.24, 2.45) is 5.92 Å². The zero-order valence-electron chi connectivity index (χ0n) is 11.8. The Morgan fingerprint density at radius 3 is 2.85 bits per heavy atom. The average molecular weight is 272 g/mol. The molecule has 2 heterocycles. The smallest absolute Gasteiger partial charge is 0.353 e. The fourth-order valence-electron chi connectivity index (χ4n) is 2.44. The third-order valence-electron chi connectivity index (χ3n) is 3.59. The van der Waals surface area contributed by atoms with Crippen LogP contribution >= 0.6 is 0 Å². The molecule has 2 aliphatic heterocycles. The van der Waals surface area contributed by atoms with Crippen molar-refractivity contribution in [2.45, 2.75) is 20.3 Å². The van der Waals surface area contributed by atoms with Crippen molar-refractivity contribution < 1.29 is 18.8 Å². The molecule has 104 valence electrons. The second-order valence-electron chi connectivity index (χ2n) is 4.71. The summed E-state index contributed by atoms with van der Waals surface area (Å²) in [6, 6.07) is 0. The molecule has 1 amide bonds. The van der Waals surface area contributed by atoms with Gasteiger partial charge in [-0.1, -0.05) is 6.58 Å². The summed E-state index contributed by atoms with van der Waals surface area (Å²) >= 11 is 0. The van der Waals surface area contributed by atoms with Crippen LogP contribution in [-0.2, 0) is 14.3 Å². The average Bonchev–Trinajstić information content (AvgIpc) is 2.83. The summed E-state index contributed by atoms with van der Waals surface area (Å²) in [4.78, 5) is 23.6. The first-order valence-electron chi connectivity index (χ1n) is 6.61.